The molecular formula is C22H29N3O5S. The zero-order valence-corrected chi connectivity index (χ0v) is 18.7. The van der Waals surface area contributed by atoms with Gasteiger partial charge in [-0.25, -0.2) is 17.9 Å². The average molecular weight is 448 g/mol. The Bertz CT molecular complexity index is 971. The van der Waals surface area contributed by atoms with E-state index in [9.17, 15) is 13.2 Å². The number of nitrogens with one attached hydrogen (secondary N) is 1. The Hall–Kier alpha value is -2.62. The van der Waals surface area contributed by atoms with Gasteiger partial charge >= 0.3 is 5.97 Å². The second kappa shape index (κ2) is 10.6. The van der Waals surface area contributed by atoms with Crippen LogP contribution in [0.2, 0.25) is 0 Å². The summed E-state index contributed by atoms with van der Waals surface area (Å²) < 4.78 is 37.6. The number of hydrogen-bond acceptors (Lipinski definition) is 7. The van der Waals surface area contributed by atoms with E-state index in [4.69, 9.17) is 4.74 Å². The molecule has 0 atom stereocenters. The predicted octanol–water partition coefficient (Wildman–Crippen LogP) is 1.97. The predicted molar refractivity (Wildman–Crippen MR) is 119 cm³/mol. The SMILES string of the molecule is COC(=O)c1ccc(S(=O)(=O)NCCCN2CCN(c3ccccc3OC)CC2)cc1. The third-order valence-electron chi connectivity index (χ3n) is 5.33. The molecule has 0 unspecified atom stereocenters. The van der Waals surface area contributed by atoms with E-state index < -0.39 is 16.0 Å². The molecule has 0 amide bonds. The number of benzene rings is 2. The normalized spacial score (nSPS) is 15.0. The van der Waals surface area contributed by atoms with Gasteiger partial charge in [-0.05, 0) is 49.4 Å². The molecule has 0 bridgehead atoms. The lowest BCUT2D eigenvalue weighted by atomic mass is 10.2. The van der Waals surface area contributed by atoms with Crippen molar-refractivity contribution in [2.24, 2.45) is 0 Å². The molecule has 168 valence electrons. The van der Waals surface area contributed by atoms with Crippen molar-refractivity contribution in [3.63, 3.8) is 0 Å². The fourth-order valence-electron chi connectivity index (χ4n) is 3.58. The van der Waals surface area contributed by atoms with Crippen molar-refractivity contribution in [2.75, 3.05) is 58.4 Å². The molecule has 9 heteroatoms. The minimum atomic E-state index is -3.61. The number of carbonyl (C=O) groups excluding carboxylic acids is 1. The number of nitrogens with zero attached hydrogens (tertiary/aromatic N) is 2. The van der Waals surface area contributed by atoms with Crippen LogP contribution < -0.4 is 14.4 Å². The highest BCUT2D eigenvalue weighted by molar-refractivity contribution is 7.89. The summed E-state index contributed by atoms with van der Waals surface area (Å²) in [5.41, 5.74) is 1.42. The molecule has 1 aliphatic rings. The maximum atomic E-state index is 12.4. The molecule has 1 N–H and O–H groups in total. The lowest BCUT2D eigenvalue weighted by Crippen LogP contribution is -2.47. The monoisotopic (exact) mass is 447 g/mol. The lowest BCUT2D eigenvalue weighted by molar-refractivity contribution is 0.0600. The third kappa shape index (κ3) is 5.96. The molecule has 2 aromatic carbocycles. The molecule has 1 heterocycles. The standard InChI is InChI=1S/C22H29N3O5S/c1-29-21-7-4-3-6-20(21)25-16-14-24(15-17-25)13-5-12-23-31(27,28)19-10-8-18(9-11-19)22(26)30-2/h3-4,6-11,23H,5,12-17H2,1-2H3. The zero-order valence-electron chi connectivity index (χ0n) is 17.9. The molecule has 2 aromatic rings. The molecule has 0 aromatic heterocycles. The van der Waals surface area contributed by atoms with Gasteiger partial charge in [-0.3, -0.25) is 4.90 Å². The van der Waals surface area contributed by atoms with Crippen LogP contribution in [0, 0.1) is 0 Å². The number of anilines is 1. The van der Waals surface area contributed by atoms with Crippen LogP contribution in [0.5, 0.6) is 5.75 Å². The fraction of sp³-hybridized carbons (Fsp3) is 0.409. The minimum absolute atomic E-state index is 0.130. The molecule has 31 heavy (non-hydrogen) atoms. The molecule has 8 nitrogen and oxygen atoms in total. The van der Waals surface area contributed by atoms with Crippen molar-refractivity contribution in [2.45, 2.75) is 11.3 Å². The first-order valence-electron chi connectivity index (χ1n) is 10.2. The maximum Gasteiger partial charge on any atom is 0.337 e. The Morgan fingerprint density at radius 1 is 1.00 bits per heavy atom. The molecule has 0 saturated carbocycles. The fourth-order valence-corrected chi connectivity index (χ4v) is 4.66. The van der Waals surface area contributed by atoms with Crippen molar-refractivity contribution < 1.29 is 22.7 Å². The number of piperazine rings is 1. The van der Waals surface area contributed by atoms with E-state index in [1.807, 2.05) is 18.2 Å². The van der Waals surface area contributed by atoms with Gasteiger partial charge in [0.05, 0.1) is 30.4 Å². The van der Waals surface area contributed by atoms with E-state index >= 15 is 0 Å². The number of sulfonamides is 1. The van der Waals surface area contributed by atoms with E-state index in [-0.39, 0.29) is 4.90 Å². The number of methoxy groups -OCH3 is 2. The van der Waals surface area contributed by atoms with Crippen LogP contribution >= 0.6 is 0 Å². The molecule has 1 aliphatic heterocycles. The second-order valence-corrected chi connectivity index (χ2v) is 9.03. The average Bonchev–Trinajstić information content (AvgIpc) is 2.82. The van der Waals surface area contributed by atoms with E-state index in [0.717, 1.165) is 44.2 Å². The third-order valence-corrected chi connectivity index (χ3v) is 6.80. The highest BCUT2D eigenvalue weighted by Crippen LogP contribution is 2.28. The molecule has 1 saturated heterocycles. The first-order chi connectivity index (χ1) is 14.9. The van der Waals surface area contributed by atoms with Crippen molar-refractivity contribution >= 4 is 21.7 Å². The molecule has 0 radical (unpaired) electrons. The van der Waals surface area contributed by atoms with E-state index in [2.05, 4.69) is 25.3 Å². The Balaban J connectivity index is 1.42. The van der Waals surface area contributed by atoms with Gasteiger partial charge < -0.3 is 14.4 Å². The number of rotatable bonds is 9. The number of ether oxygens (including phenoxy) is 2. The number of para-hydroxylation sites is 2. The van der Waals surface area contributed by atoms with Gasteiger partial charge in [-0.1, -0.05) is 12.1 Å². The van der Waals surface area contributed by atoms with Crippen LogP contribution in [-0.2, 0) is 14.8 Å². The number of esters is 1. The van der Waals surface area contributed by atoms with Crippen LogP contribution in [0.3, 0.4) is 0 Å². The van der Waals surface area contributed by atoms with Gasteiger partial charge in [0, 0.05) is 32.7 Å². The zero-order chi connectivity index (χ0) is 22.3. The van der Waals surface area contributed by atoms with E-state index in [0.29, 0.717) is 18.5 Å². The Morgan fingerprint density at radius 3 is 2.32 bits per heavy atom. The number of carbonyl (C=O) groups is 1. The first kappa shape index (κ1) is 23.1. The lowest BCUT2D eigenvalue weighted by Gasteiger charge is -2.36. The second-order valence-electron chi connectivity index (χ2n) is 7.27. The Morgan fingerprint density at radius 2 is 1.68 bits per heavy atom. The first-order valence-corrected chi connectivity index (χ1v) is 11.7. The van der Waals surface area contributed by atoms with Crippen LogP contribution in [-0.4, -0.2) is 72.8 Å². The summed E-state index contributed by atoms with van der Waals surface area (Å²) >= 11 is 0. The minimum Gasteiger partial charge on any atom is -0.495 e. The van der Waals surface area contributed by atoms with Gasteiger partial charge in [-0.15, -0.1) is 0 Å². The van der Waals surface area contributed by atoms with Crippen molar-refractivity contribution in [1.82, 2.24) is 9.62 Å². The van der Waals surface area contributed by atoms with E-state index in [1.54, 1.807) is 7.11 Å². The van der Waals surface area contributed by atoms with Crippen LogP contribution in [0.15, 0.2) is 53.4 Å². The van der Waals surface area contributed by atoms with Gasteiger partial charge in [0.15, 0.2) is 0 Å². The highest BCUT2D eigenvalue weighted by atomic mass is 32.2. The van der Waals surface area contributed by atoms with Gasteiger partial charge in [0.2, 0.25) is 10.0 Å². The van der Waals surface area contributed by atoms with Crippen LogP contribution in [0.4, 0.5) is 5.69 Å². The number of hydrogen-bond donors (Lipinski definition) is 1. The summed E-state index contributed by atoms with van der Waals surface area (Å²) in [4.78, 5) is 16.3. The topological polar surface area (TPSA) is 88.2 Å². The van der Waals surface area contributed by atoms with Gasteiger partial charge in [0.25, 0.3) is 0 Å². The molecule has 0 spiro atoms. The highest BCUT2D eigenvalue weighted by Gasteiger charge is 2.20. The summed E-state index contributed by atoms with van der Waals surface area (Å²) in [7, 11) is -0.639. The molecular weight excluding hydrogens is 418 g/mol. The summed E-state index contributed by atoms with van der Waals surface area (Å²) in [6, 6.07) is 13.7. The molecule has 0 aliphatic carbocycles. The summed E-state index contributed by atoms with van der Waals surface area (Å²) in [6.45, 7) is 4.81. The van der Waals surface area contributed by atoms with Crippen molar-refractivity contribution in [3.8, 4) is 5.75 Å². The Labute approximate surface area is 183 Å². The maximum absolute atomic E-state index is 12.4. The summed E-state index contributed by atoms with van der Waals surface area (Å²) in [6.07, 6.45) is 0.716. The molecule has 1 fully saturated rings. The van der Waals surface area contributed by atoms with Crippen molar-refractivity contribution in [3.05, 3.63) is 54.1 Å². The molecule has 3 rings (SSSR count). The van der Waals surface area contributed by atoms with Gasteiger partial charge in [-0.2, -0.15) is 0 Å². The summed E-state index contributed by atoms with van der Waals surface area (Å²) in [5.74, 6) is 0.382. The smallest absolute Gasteiger partial charge is 0.337 e. The van der Waals surface area contributed by atoms with Crippen LogP contribution in [0.1, 0.15) is 16.8 Å². The summed E-state index contributed by atoms with van der Waals surface area (Å²) in [5, 5.41) is 0. The quantitative estimate of drug-likeness (QED) is 0.464. The largest absolute Gasteiger partial charge is 0.495 e. The Kier molecular flexibility index (Phi) is 7.89. The van der Waals surface area contributed by atoms with Crippen molar-refractivity contribution in [1.29, 1.82) is 0 Å². The van der Waals surface area contributed by atoms with E-state index in [1.165, 1.54) is 31.4 Å². The van der Waals surface area contributed by atoms with Gasteiger partial charge in [0.1, 0.15) is 5.75 Å². The van der Waals surface area contributed by atoms with Crippen LogP contribution in [0.25, 0.3) is 0 Å².